The quantitative estimate of drug-likeness (QED) is 0.723. The second-order valence-corrected chi connectivity index (χ2v) is 3.57. The average Bonchev–Trinajstić information content (AvgIpc) is 2.15. The number of aryl methyl sites for hydroxylation is 1. The lowest BCUT2D eigenvalue weighted by Crippen LogP contribution is -1.85. The standard InChI is InChI=1S/C10H15NS/c1-2-3-4-9-5-7-10(12-11)8-6-9/h5-8H,2-4,11H2,1H3. The Bertz CT molecular complexity index is 218. The number of rotatable bonds is 4. The third-order valence-electron chi connectivity index (χ3n) is 1.88. The first-order chi connectivity index (χ1) is 5.86. The maximum absolute atomic E-state index is 5.42. The van der Waals surface area contributed by atoms with Gasteiger partial charge in [-0.1, -0.05) is 25.5 Å². The van der Waals surface area contributed by atoms with Crippen LogP contribution in [-0.4, -0.2) is 0 Å². The van der Waals surface area contributed by atoms with Crippen molar-refractivity contribution in [3.8, 4) is 0 Å². The van der Waals surface area contributed by atoms with Crippen LogP contribution < -0.4 is 5.14 Å². The van der Waals surface area contributed by atoms with Crippen LogP contribution in [0.2, 0.25) is 0 Å². The highest BCUT2D eigenvalue weighted by Gasteiger charge is 1.92. The molecule has 1 rings (SSSR count). The molecule has 0 saturated heterocycles. The first-order valence-electron chi connectivity index (χ1n) is 4.32. The summed E-state index contributed by atoms with van der Waals surface area (Å²) in [6, 6.07) is 8.47. The largest absolute Gasteiger partial charge is 0.274 e. The van der Waals surface area contributed by atoms with E-state index in [9.17, 15) is 0 Å². The number of hydrogen-bond donors (Lipinski definition) is 1. The fraction of sp³-hybridized carbons (Fsp3) is 0.400. The summed E-state index contributed by atoms with van der Waals surface area (Å²) in [6.07, 6.45) is 3.72. The van der Waals surface area contributed by atoms with Crippen molar-refractivity contribution in [1.82, 2.24) is 0 Å². The molecule has 0 aliphatic carbocycles. The van der Waals surface area contributed by atoms with Gasteiger partial charge in [-0.25, -0.2) is 0 Å². The van der Waals surface area contributed by atoms with Gasteiger partial charge < -0.3 is 0 Å². The van der Waals surface area contributed by atoms with Crippen LogP contribution in [-0.2, 0) is 6.42 Å². The van der Waals surface area contributed by atoms with E-state index in [-0.39, 0.29) is 0 Å². The van der Waals surface area contributed by atoms with Crippen LogP contribution in [0.3, 0.4) is 0 Å². The van der Waals surface area contributed by atoms with Crippen molar-refractivity contribution in [2.24, 2.45) is 5.14 Å². The molecule has 0 atom stereocenters. The van der Waals surface area contributed by atoms with E-state index in [0.29, 0.717) is 0 Å². The summed E-state index contributed by atoms with van der Waals surface area (Å²) in [5, 5.41) is 5.42. The van der Waals surface area contributed by atoms with Gasteiger partial charge in [-0.3, -0.25) is 5.14 Å². The molecule has 0 heterocycles. The van der Waals surface area contributed by atoms with Gasteiger partial charge in [0.05, 0.1) is 0 Å². The van der Waals surface area contributed by atoms with Gasteiger partial charge >= 0.3 is 0 Å². The Morgan fingerprint density at radius 3 is 2.42 bits per heavy atom. The Balaban J connectivity index is 2.53. The summed E-state index contributed by atoms with van der Waals surface area (Å²) >= 11 is 1.30. The van der Waals surface area contributed by atoms with E-state index >= 15 is 0 Å². The Kier molecular flexibility index (Phi) is 4.19. The second kappa shape index (κ2) is 5.22. The van der Waals surface area contributed by atoms with Crippen LogP contribution in [0.5, 0.6) is 0 Å². The zero-order chi connectivity index (χ0) is 8.81. The Morgan fingerprint density at radius 1 is 1.25 bits per heavy atom. The lowest BCUT2D eigenvalue weighted by atomic mass is 10.1. The van der Waals surface area contributed by atoms with Crippen LogP contribution >= 0.6 is 11.9 Å². The highest BCUT2D eigenvalue weighted by atomic mass is 32.2. The lowest BCUT2D eigenvalue weighted by Gasteiger charge is -2.00. The van der Waals surface area contributed by atoms with Gasteiger partial charge in [0.1, 0.15) is 0 Å². The molecule has 0 aliphatic heterocycles. The number of nitrogens with two attached hydrogens (primary N) is 1. The molecule has 0 bridgehead atoms. The minimum Gasteiger partial charge on any atom is -0.274 e. The minimum atomic E-state index is 1.13. The van der Waals surface area contributed by atoms with Crippen LogP contribution in [0, 0.1) is 0 Å². The van der Waals surface area contributed by atoms with E-state index in [1.807, 2.05) is 0 Å². The molecule has 66 valence electrons. The molecule has 1 nitrogen and oxygen atoms in total. The maximum atomic E-state index is 5.42. The highest BCUT2D eigenvalue weighted by molar-refractivity contribution is 7.97. The van der Waals surface area contributed by atoms with E-state index in [0.717, 1.165) is 4.90 Å². The van der Waals surface area contributed by atoms with Gasteiger partial charge in [-0.2, -0.15) is 0 Å². The van der Waals surface area contributed by atoms with Crippen LogP contribution in [0.1, 0.15) is 25.3 Å². The predicted molar refractivity (Wildman–Crippen MR) is 55.1 cm³/mol. The van der Waals surface area contributed by atoms with Crippen molar-refractivity contribution in [2.75, 3.05) is 0 Å². The molecule has 0 saturated carbocycles. The summed E-state index contributed by atoms with van der Waals surface area (Å²) in [5.74, 6) is 0. The first-order valence-corrected chi connectivity index (χ1v) is 5.20. The van der Waals surface area contributed by atoms with E-state index < -0.39 is 0 Å². The lowest BCUT2D eigenvalue weighted by molar-refractivity contribution is 0.794. The smallest absolute Gasteiger partial charge is 0.0226 e. The van der Waals surface area contributed by atoms with Crippen molar-refractivity contribution >= 4 is 11.9 Å². The summed E-state index contributed by atoms with van der Waals surface area (Å²) in [7, 11) is 0. The van der Waals surface area contributed by atoms with Gasteiger partial charge in [0.2, 0.25) is 0 Å². The topological polar surface area (TPSA) is 26.0 Å². The van der Waals surface area contributed by atoms with Gasteiger partial charge in [-0.15, -0.1) is 0 Å². The molecule has 2 N–H and O–H groups in total. The van der Waals surface area contributed by atoms with Gasteiger partial charge in [-0.05, 0) is 42.5 Å². The second-order valence-electron chi connectivity index (χ2n) is 2.87. The summed E-state index contributed by atoms with van der Waals surface area (Å²) in [5.41, 5.74) is 1.41. The molecule has 0 radical (unpaired) electrons. The Labute approximate surface area is 78.5 Å². The molecule has 1 aromatic rings. The van der Waals surface area contributed by atoms with Crippen molar-refractivity contribution in [1.29, 1.82) is 0 Å². The van der Waals surface area contributed by atoms with E-state index in [4.69, 9.17) is 5.14 Å². The molecule has 0 amide bonds. The third kappa shape index (κ3) is 2.88. The minimum absolute atomic E-state index is 1.13. The zero-order valence-corrected chi connectivity index (χ0v) is 8.23. The number of hydrogen-bond acceptors (Lipinski definition) is 2. The molecule has 0 spiro atoms. The summed E-state index contributed by atoms with van der Waals surface area (Å²) in [4.78, 5) is 1.13. The fourth-order valence-corrected chi connectivity index (χ4v) is 1.41. The molecule has 12 heavy (non-hydrogen) atoms. The monoisotopic (exact) mass is 181 g/mol. The molecular formula is C10H15NS. The normalized spacial score (nSPS) is 10.2. The molecule has 1 aromatic carbocycles. The molecule has 0 aliphatic rings. The third-order valence-corrected chi connectivity index (χ3v) is 2.42. The predicted octanol–water partition coefficient (Wildman–Crippen LogP) is 3.00. The molecule has 2 heteroatoms. The highest BCUT2D eigenvalue weighted by Crippen LogP contribution is 2.13. The maximum Gasteiger partial charge on any atom is 0.0226 e. The van der Waals surface area contributed by atoms with Crippen LogP contribution in [0.4, 0.5) is 0 Å². The zero-order valence-electron chi connectivity index (χ0n) is 7.42. The Hall–Kier alpha value is -0.470. The van der Waals surface area contributed by atoms with E-state index in [1.165, 1.54) is 36.8 Å². The fourth-order valence-electron chi connectivity index (χ4n) is 1.12. The van der Waals surface area contributed by atoms with Gasteiger partial charge in [0, 0.05) is 4.90 Å². The van der Waals surface area contributed by atoms with Crippen molar-refractivity contribution in [2.45, 2.75) is 31.1 Å². The molecule has 0 unspecified atom stereocenters. The number of benzene rings is 1. The molecule has 0 fully saturated rings. The summed E-state index contributed by atoms with van der Waals surface area (Å²) < 4.78 is 0. The summed E-state index contributed by atoms with van der Waals surface area (Å²) in [6.45, 7) is 2.21. The van der Waals surface area contributed by atoms with Crippen molar-refractivity contribution in [3.63, 3.8) is 0 Å². The SMILES string of the molecule is CCCCc1ccc(SN)cc1. The molecule has 0 aromatic heterocycles. The van der Waals surface area contributed by atoms with Crippen LogP contribution in [0.25, 0.3) is 0 Å². The Morgan fingerprint density at radius 2 is 1.92 bits per heavy atom. The van der Waals surface area contributed by atoms with Crippen molar-refractivity contribution in [3.05, 3.63) is 29.8 Å². The van der Waals surface area contributed by atoms with Gasteiger partial charge in [0.15, 0.2) is 0 Å². The van der Waals surface area contributed by atoms with E-state index in [1.54, 1.807) is 0 Å². The number of unbranched alkanes of at least 4 members (excludes halogenated alkanes) is 1. The van der Waals surface area contributed by atoms with Crippen LogP contribution in [0.15, 0.2) is 29.2 Å². The van der Waals surface area contributed by atoms with Crippen molar-refractivity contribution < 1.29 is 0 Å². The average molecular weight is 181 g/mol. The first kappa shape index (κ1) is 9.62. The van der Waals surface area contributed by atoms with E-state index in [2.05, 4.69) is 31.2 Å². The molecular weight excluding hydrogens is 166 g/mol. The van der Waals surface area contributed by atoms with Gasteiger partial charge in [0.25, 0.3) is 0 Å².